The molecule has 3 fully saturated rings. The largest absolute Gasteiger partial charge is 0.351 e. The van der Waals surface area contributed by atoms with E-state index in [0.717, 1.165) is 147 Å². The van der Waals surface area contributed by atoms with Crippen molar-refractivity contribution < 1.29 is 19.2 Å². The standard InChI is InChI=1S/3C21H20ClN5O.C19H18ClN5O/c1-12-10-26(11-13(2)24-12)21(28)17-9-15-7-14-8-16(22)3-4-18(14)25-19(15)27-6-5-23-20(17)27;1-25-6-2-7-26(10-9-25)21(28)17-13-15-11-14-12-16(22)3-4-18(14)24-19(15)27-8-5-23-20(17)27;22-16-3-4-18-14(12-16)11-15-13-17(20-23-6-10-27(20)19(15)25-18)21(28)24-5-9-26-7-1-2-8-26;1-24(2)7-5-22-19(26)15-11-13-9-12-10-14(20)3-4-16(12)23-17(13)25-8-6-21-18(15)25/h3-9,12-13,24H,10-11H2,1-2H3;3-5,8,11-13H,2,6-7,9-10H2,1H3;3-4,6,10-13H,1-2,5,7-9H2,(H,24,28);3-4,6,8-11H,5,7H2,1-2H3,(H,22,26)/t12-,13+;;;. The van der Waals surface area contributed by atoms with Gasteiger partial charge in [-0.25, -0.2) is 39.9 Å². The number of fused-ring (bicyclic) bond motifs is 16. The molecular weight excluding hydrogens is 1470 g/mol. The molecule has 0 unspecified atom stereocenters. The first-order valence-corrected chi connectivity index (χ1v) is 38.2. The lowest BCUT2D eigenvalue weighted by molar-refractivity contribution is 0.0674. The van der Waals surface area contributed by atoms with Gasteiger partial charge in [0.15, 0.2) is 22.6 Å². The third-order valence-corrected chi connectivity index (χ3v) is 21.3. The number of nitrogens with one attached hydrogen (secondary N) is 3. The highest BCUT2D eigenvalue weighted by atomic mass is 35.5. The molecule has 4 aromatic carbocycles. The van der Waals surface area contributed by atoms with Crippen molar-refractivity contribution in [1.29, 1.82) is 0 Å². The van der Waals surface area contributed by atoms with Gasteiger partial charge in [0.05, 0.1) is 44.3 Å². The number of nitrogens with zero attached hydrogens (tertiary/aromatic N) is 17. The molecule has 4 amide bonds. The van der Waals surface area contributed by atoms with Gasteiger partial charge in [-0.1, -0.05) is 46.4 Å². The second kappa shape index (κ2) is 31.3. The number of carbonyl (C=O) groups is 4. The average molecular weight is 1550 g/mol. The fourth-order valence-electron chi connectivity index (χ4n) is 15.0. The summed E-state index contributed by atoms with van der Waals surface area (Å²) in [4.78, 5) is 99.5. The molecule has 19 rings (SSSR count). The molecular formula is C82H78Cl4N20O4. The molecule has 0 saturated carbocycles. The Morgan fingerprint density at radius 1 is 0.418 bits per heavy atom. The van der Waals surface area contributed by atoms with Crippen LogP contribution in [0.1, 0.15) is 74.5 Å². The van der Waals surface area contributed by atoms with Crippen molar-refractivity contribution in [2.45, 2.75) is 45.2 Å². The SMILES string of the molecule is CN(C)CCNC(=O)c1cc2cc3cc(Cl)ccc3nc2n2ccnc12.CN1CCCN(C(=O)c2cc3cc4cc(Cl)ccc4nc3n3ccnc23)CC1.C[C@@H]1CN(C(=O)c2cc3cc4cc(Cl)ccc4nc3n3ccnc23)C[C@H](C)N1.O=C(NCCN1CCCC1)c1cc2cc3cc(Cl)ccc3nc2n2ccnc12. The van der Waals surface area contributed by atoms with Crippen LogP contribution in [0.5, 0.6) is 0 Å². The Hall–Kier alpha value is -10.8. The molecule has 12 aromatic heterocycles. The quantitative estimate of drug-likeness (QED) is 0.108. The van der Waals surface area contributed by atoms with Crippen molar-refractivity contribution in [3.63, 3.8) is 0 Å². The number of hydrogen-bond acceptors (Lipinski definition) is 16. The van der Waals surface area contributed by atoms with Gasteiger partial charge >= 0.3 is 0 Å². The number of likely N-dealkylation sites (N-methyl/N-ethyl adjacent to an activating group) is 2. The Morgan fingerprint density at radius 3 is 1.17 bits per heavy atom. The molecule has 24 nitrogen and oxygen atoms in total. The molecule has 15 heterocycles. The third-order valence-electron chi connectivity index (χ3n) is 20.3. The molecule has 3 aliphatic heterocycles. The van der Waals surface area contributed by atoms with E-state index in [4.69, 9.17) is 66.3 Å². The highest BCUT2D eigenvalue weighted by molar-refractivity contribution is 6.32. The van der Waals surface area contributed by atoms with Crippen molar-refractivity contribution in [2.24, 2.45) is 0 Å². The molecule has 3 aliphatic rings. The van der Waals surface area contributed by atoms with Crippen LogP contribution >= 0.6 is 46.4 Å². The zero-order chi connectivity index (χ0) is 76.0. The Labute approximate surface area is 651 Å². The second-order valence-electron chi connectivity index (χ2n) is 28.7. The Kier molecular flexibility index (Phi) is 20.9. The van der Waals surface area contributed by atoms with Crippen LogP contribution in [0, 0.1) is 0 Å². The number of likely N-dealkylation sites (tertiary alicyclic amines) is 1. The maximum atomic E-state index is 13.4. The molecule has 28 heteroatoms. The van der Waals surface area contributed by atoms with Gasteiger partial charge in [0.25, 0.3) is 23.6 Å². The summed E-state index contributed by atoms with van der Waals surface area (Å²) < 4.78 is 7.52. The van der Waals surface area contributed by atoms with Gasteiger partial charge in [0, 0.05) is 184 Å². The Balaban J connectivity index is 0.000000111. The minimum absolute atomic E-state index is 0.00416. The smallest absolute Gasteiger partial charge is 0.257 e. The normalized spacial score (nSPS) is 15.9. The van der Waals surface area contributed by atoms with Gasteiger partial charge in [-0.05, 0) is 195 Å². The second-order valence-corrected chi connectivity index (χ2v) is 30.4. The predicted octanol–water partition coefficient (Wildman–Crippen LogP) is 13.5. The molecule has 0 radical (unpaired) electrons. The number of hydrogen-bond donors (Lipinski definition) is 3. The lowest BCUT2D eigenvalue weighted by atomic mass is 10.1. The molecule has 0 spiro atoms. The molecule has 0 aliphatic carbocycles. The van der Waals surface area contributed by atoms with Gasteiger partial charge in [0.2, 0.25) is 0 Å². The third kappa shape index (κ3) is 15.2. The van der Waals surface area contributed by atoms with E-state index in [2.05, 4.69) is 66.6 Å². The first kappa shape index (κ1) is 73.4. The number of piperazine rings is 1. The number of rotatable bonds is 10. The van der Waals surface area contributed by atoms with E-state index in [9.17, 15) is 19.2 Å². The topological polar surface area (TPSA) is 241 Å². The van der Waals surface area contributed by atoms with Gasteiger partial charge < -0.3 is 40.4 Å². The minimum Gasteiger partial charge on any atom is -0.351 e. The Morgan fingerprint density at radius 2 is 0.782 bits per heavy atom. The number of carbonyl (C=O) groups excluding carboxylic acids is 4. The number of aromatic nitrogens is 12. The van der Waals surface area contributed by atoms with Crippen LogP contribution in [0.3, 0.4) is 0 Å². The van der Waals surface area contributed by atoms with Crippen LogP contribution in [0.2, 0.25) is 20.1 Å². The summed E-state index contributed by atoms with van der Waals surface area (Å²) in [7, 11) is 6.03. The highest BCUT2D eigenvalue weighted by Gasteiger charge is 2.29. The summed E-state index contributed by atoms with van der Waals surface area (Å²) in [5.41, 5.74) is 11.3. The maximum Gasteiger partial charge on any atom is 0.257 e. The molecule has 3 N–H and O–H groups in total. The van der Waals surface area contributed by atoms with E-state index < -0.39 is 0 Å². The fourth-order valence-corrected chi connectivity index (χ4v) is 15.8. The molecule has 3 saturated heterocycles. The van der Waals surface area contributed by atoms with Crippen LogP contribution < -0.4 is 16.0 Å². The van der Waals surface area contributed by atoms with Crippen molar-refractivity contribution in [1.82, 2.24) is 97.9 Å². The van der Waals surface area contributed by atoms with E-state index in [1.54, 1.807) is 24.8 Å². The molecule has 2 atom stereocenters. The highest BCUT2D eigenvalue weighted by Crippen LogP contribution is 2.32. The zero-order valence-electron chi connectivity index (χ0n) is 61.2. The minimum atomic E-state index is -0.142. The van der Waals surface area contributed by atoms with Crippen LogP contribution in [0.15, 0.2) is 171 Å². The summed E-state index contributed by atoms with van der Waals surface area (Å²) in [5.74, 6) is -0.219. The molecule has 0 bridgehead atoms. The lowest BCUT2D eigenvalue weighted by Gasteiger charge is -2.36. The number of imidazole rings is 4. The first-order chi connectivity index (χ1) is 53.3. The summed E-state index contributed by atoms with van der Waals surface area (Å²) in [5, 5.41) is 19.4. The Bertz CT molecular complexity index is 6280. The lowest BCUT2D eigenvalue weighted by Crippen LogP contribution is -2.55. The van der Waals surface area contributed by atoms with E-state index in [1.807, 2.05) is 193 Å². The number of benzene rings is 4. The summed E-state index contributed by atoms with van der Waals surface area (Å²) in [6.45, 7) is 14.1. The van der Waals surface area contributed by atoms with Crippen LogP contribution in [-0.4, -0.2) is 217 Å². The van der Waals surface area contributed by atoms with E-state index in [-0.39, 0.29) is 35.7 Å². The maximum absolute atomic E-state index is 13.4. The zero-order valence-corrected chi connectivity index (χ0v) is 64.2. The van der Waals surface area contributed by atoms with Gasteiger partial charge in [-0.15, -0.1) is 0 Å². The van der Waals surface area contributed by atoms with E-state index in [1.165, 1.54) is 12.8 Å². The molecule has 110 heavy (non-hydrogen) atoms. The monoisotopic (exact) mass is 1550 g/mol. The molecule has 16 aromatic rings. The van der Waals surface area contributed by atoms with Crippen molar-refractivity contribution in [3.05, 3.63) is 213 Å². The van der Waals surface area contributed by atoms with E-state index in [0.29, 0.717) is 91.1 Å². The fraction of sp³-hybridized carbons (Fsp3) is 0.268. The van der Waals surface area contributed by atoms with Crippen molar-refractivity contribution >= 4 is 180 Å². The first-order valence-electron chi connectivity index (χ1n) is 36.7. The summed E-state index contributed by atoms with van der Waals surface area (Å²) in [6, 6.07) is 38.6. The summed E-state index contributed by atoms with van der Waals surface area (Å²) in [6.07, 6.45) is 17.7. The number of halogens is 4. The van der Waals surface area contributed by atoms with Crippen molar-refractivity contribution in [3.8, 4) is 0 Å². The van der Waals surface area contributed by atoms with Crippen LogP contribution in [0.4, 0.5) is 0 Å². The average Bonchev–Trinajstić information content (AvgIpc) is 1.46. The van der Waals surface area contributed by atoms with Crippen molar-refractivity contribution in [2.75, 3.05) is 99.7 Å². The van der Waals surface area contributed by atoms with E-state index >= 15 is 0 Å². The summed E-state index contributed by atoms with van der Waals surface area (Å²) >= 11 is 24.5. The predicted molar refractivity (Wildman–Crippen MR) is 437 cm³/mol. The van der Waals surface area contributed by atoms with Gasteiger partial charge in [-0.2, -0.15) is 0 Å². The van der Waals surface area contributed by atoms with Crippen LogP contribution in [0.25, 0.3) is 110 Å². The number of amides is 4. The van der Waals surface area contributed by atoms with Crippen LogP contribution in [-0.2, 0) is 0 Å². The molecule has 558 valence electrons. The number of pyridine rings is 8. The van der Waals surface area contributed by atoms with Gasteiger partial charge in [0.1, 0.15) is 22.6 Å². The van der Waals surface area contributed by atoms with Gasteiger partial charge in [-0.3, -0.25) is 36.8 Å².